The van der Waals surface area contributed by atoms with Crippen LogP contribution in [0.1, 0.15) is 31.4 Å². The van der Waals surface area contributed by atoms with Crippen LogP contribution < -0.4 is 11.1 Å². The fourth-order valence-corrected chi connectivity index (χ4v) is 1.98. The Hall–Kier alpha value is -0.770. The van der Waals surface area contributed by atoms with Gasteiger partial charge in [0.25, 0.3) is 0 Å². The number of rotatable bonds is 5. The van der Waals surface area contributed by atoms with E-state index >= 15 is 0 Å². The number of hydrogen-bond donors (Lipinski definition) is 2. The molecule has 1 aromatic rings. The topological polar surface area (TPSA) is 55.1 Å². The van der Waals surface area contributed by atoms with Crippen molar-refractivity contribution in [2.45, 2.75) is 25.8 Å². The summed E-state index contributed by atoms with van der Waals surface area (Å²) >= 11 is 12.0. The Labute approximate surface area is 111 Å². The molecule has 1 aromatic carbocycles. The van der Waals surface area contributed by atoms with Gasteiger partial charge in [0, 0.05) is 6.42 Å². The smallest absolute Gasteiger partial charge is 0.220 e. The summed E-state index contributed by atoms with van der Waals surface area (Å²) in [6, 6.07) is 5.22. The normalized spacial score (nSPS) is 12.2. The van der Waals surface area contributed by atoms with E-state index in [2.05, 4.69) is 5.32 Å². The van der Waals surface area contributed by atoms with Crippen molar-refractivity contribution in [3.63, 3.8) is 0 Å². The Morgan fingerprint density at radius 2 is 2.18 bits per heavy atom. The lowest BCUT2D eigenvalue weighted by Crippen LogP contribution is -2.27. The van der Waals surface area contributed by atoms with Gasteiger partial charge in [-0.3, -0.25) is 4.79 Å². The van der Waals surface area contributed by atoms with Crippen LogP contribution in [0.2, 0.25) is 10.0 Å². The third kappa shape index (κ3) is 4.19. The molecule has 1 amide bonds. The molecule has 0 radical (unpaired) electrons. The van der Waals surface area contributed by atoms with Gasteiger partial charge in [-0.25, -0.2) is 0 Å². The summed E-state index contributed by atoms with van der Waals surface area (Å²) in [7, 11) is 0. The molecule has 17 heavy (non-hydrogen) atoms. The van der Waals surface area contributed by atoms with Gasteiger partial charge < -0.3 is 11.1 Å². The second kappa shape index (κ2) is 6.84. The Balaban J connectivity index is 2.66. The molecule has 0 aliphatic carbocycles. The second-order valence-corrected chi connectivity index (χ2v) is 4.61. The highest BCUT2D eigenvalue weighted by Crippen LogP contribution is 2.29. The van der Waals surface area contributed by atoms with Crippen LogP contribution in [0.25, 0.3) is 0 Å². The van der Waals surface area contributed by atoms with Crippen LogP contribution in [0.5, 0.6) is 0 Å². The van der Waals surface area contributed by atoms with Crippen LogP contribution >= 0.6 is 23.2 Å². The summed E-state index contributed by atoms with van der Waals surface area (Å²) in [5.41, 5.74) is 6.16. The van der Waals surface area contributed by atoms with Crippen molar-refractivity contribution in [2.24, 2.45) is 5.73 Å². The van der Waals surface area contributed by atoms with E-state index in [1.807, 2.05) is 19.1 Å². The molecule has 1 atom stereocenters. The van der Waals surface area contributed by atoms with E-state index in [4.69, 9.17) is 28.9 Å². The number of carbonyl (C=O) groups is 1. The highest BCUT2D eigenvalue weighted by molar-refractivity contribution is 6.42. The lowest BCUT2D eigenvalue weighted by molar-refractivity contribution is -0.121. The third-order valence-corrected chi connectivity index (χ3v) is 3.27. The van der Waals surface area contributed by atoms with E-state index in [-0.39, 0.29) is 11.9 Å². The monoisotopic (exact) mass is 274 g/mol. The predicted molar refractivity (Wildman–Crippen MR) is 71.3 cm³/mol. The standard InChI is InChI=1S/C12H16Cl2N2O/c1-8(16-11(17)6-3-7-15)9-4-2-5-10(13)12(9)14/h2,4-5,8H,3,6-7,15H2,1H3,(H,16,17). The number of hydrogen-bond acceptors (Lipinski definition) is 2. The zero-order valence-electron chi connectivity index (χ0n) is 9.67. The summed E-state index contributed by atoms with van der Waals surface area (Å²) in [4.78, 5) is 11.5. The van der Waals surface area contributed by atoms with Gasteiger partial charge in [-0.15, -0.1) is 0 Å². The first-order valence-electron chi connectivity index (χ1n) is 5.49. The highest BCUT2D eigenvalue weighted by atomic mass is 35.5. The minimum Gasteiger partial charge on any atom is -0.350 e. The molecule has 5 heteroatoms. The fourth-order valence-electron chi connectivity index (χ4n) is 1.51. The fraction of sp³-hybridized carbons (Fsp3) is 0.417. The summed E-state index contributed by atoms with van der Waals surface area (Å²) in [5, 5.41) is 3.84. The molecular formula is C12H16Cl2N2O. The van der Waals surface area contributed by atoms with E-state index in [0.29, 0.717) is 29.4 Å². The molecule has 3 N–H and O–H groups in total. The molecule has 94 valence electrons. The molecule has 0 fully saturated rings. The summed E-state index contributed by atoms with van der Waals surface area (Å²) < 4.78 is 0. The van der Waals surface area contributed by atoms with Gasteiger partial charge in [0.15, 0.2) is 0 Å². The molecule has 0 aliphatic rings. The van der Waals surface area contributed by atoms with Crippen molar-refractivity contribution in [2.75, 3.05) is 6.54 Å². The largest absolute Gasteiger partial charge is 0.350 e. The molecule has 1 unspecified atom stereocenters. The first-order valence-corrected chi connectivity index (χ1v) is 6.25. The molecular weight excluding hydrogens is 259 g/mol. The van der Waals surface area contributed by atoms with Crippen molar-refractivity contribution in [3.05, 3.63) is 33.8 Å². The van der Waals surface area contributed by atoms with Crippen LogP contribution in [-0.4, -0.2) is 12.5 Å². The molecule has 3 nitrogen and oxygen atoms in total. The number of benzene rings is 1. The Bertz CT molecular complexity index is 396. The lowest BCUT2D eigenvalue weighted by atomic mass is 10.1. The van der Waals surface area contributed by atoms with Crippen molar-refractivity contribution >= 4 is 29.1 Å². The summed E-state index contributed by atoms with van der Waals surface area (Å²) in [6.07, 6.45) is 1.11. The average molecular weight is 275 g/mol. The van der Waals surface area contributed by atoms with Crippen LogP contribution in [0.4, 0.5) is 0 Å². The van der Waals surface area contributed by atoms with Gasteiger partial charge in [-0.2, -0.15) is 0 Å². The number of halogens is 2. The predicted octanol–water partition coefficient (Wildman–Crippen LogP) is 2.91. The van der Waals surface area contributed by atoms with Crippen molar-refractivity contribution in [3.8, 4) is 0 Å². The first-order chi connectivity index (χ1) is 8.06. The average Bonchev–Trinajstić information content (AvgIpc) is 2.29. The Morgan fingerprint density at radius 1 is 1.47 bits per heavy atom. The Kier molecular flexibility index (Phi) is 5.75. The molecule has 0 heterocycles. The van der Waals surface area contributed by atoms with Gasteiger partial charge in [0.1, 0.15) is 0 Å². The van der Waals surface area contributed by atoms with E-state index < -0.39 is 0 Å². The molecule has 0 aliphatic heterocycles. The highest BCUT2D eigenvalue weighted by Gasteiger charge is 2.13. The number of amides is 1. The number of nitrogens with two attached hydrogens (primary N) is 1. The van der Waals surface area contributed by atoms with E-state index in [9.17, 15) is 4.79 Å². The van der Waals surface area contributed by atoms with Gasteiger partial charge in [0.2, 0.25) is 5.91 Å². The maximum Gasteiger partial charge on any atom is 0.220 e. The summed E-state index contributed by atoms with van der Waals surface area (Å²) in [6.45, 7) is 2.39. The second-order valence-electron chi connectivity index (χ2n) is 3.82. The number of nitrogens with one attached hydrogen (secondary N) is 1. The van der Waals surface area contributed by atoms with Crippen molar-refractivity contribution < 1.29 is 4.79 Å². The zero-order valence-corrected chi connectivity index (χ0v) is 11.2. The maximum absolute atomic E-state index is 11.5. The molecule has 0 saturated heterocycles. The molecule has 0 saturated carbocycles. The van der Waals surface area contributed by atoms with Gasteiger partial charge in [-0.1, -0.05) is 35.3 Å². The van der Waals surface area contributed by atoms with Crippen LogP contribution in [0, 0.1) is 0 Å². The maximum atomic E-state index is 11.5. The van der Waals surface area contributed by atoms with Gasteiger partial charge in [0.05, 0.1) is 16.1 Å². The van der Waals surface area contributed by atoms with E-state index in [1.165, 1.54) is 0 Å². The zero-order chi connectivity index (χ0) is 12.8. The van der Waals surface area contributed by atoms with Crippen LogP contribution in [-0.2, 0) is 4.79 Å². The van der Waals surface area contributed by atoms with Crippen LogP contribution in [0.3, 0.4) is 0 Å². The SMILES string of the molecule is CC(NC(=O)CCCN)c1cccc(Cl)c1Cl. The quantitative estimate of drug-likeness (QED) is 0.868. The first kappa shape index (κ1) is 14.3. The minimum absolute atomic E-state index is 0.0287. The summed E-state index contributed by atoms with van der Waals surface area (Å²) in [5.74, 6) is -0.0287. The molecule has 0 spiro atoms. The molecule has 1 rings (SSSR count). The van der Waals surface area contributed by atoms with E-state index in [1.54, 1.807) is 6.07 Å². The van der Waals surface area contributed by atoms with Gasteiger partial charge in [-0.05, 0) is 31.5 Å². The van der Waals surface area contributed by atoms with Crippen molar-refractivity contribution in [1.82, 2.24) is 5.32 Å². The third-order valence-electron chi connectivity index (χ3n) is 2.43. The molecule has 0 aromatic heterocycles. The number of carbonyl (C=O) groups excluding carboxylic acids is 1. The van der Waals surface area contributed by atoms with E-state index in [0.717, 1.165) is 5.56 Å². The van der Waals surface area contributed by atoms with Crippen LogP contribution in [0.15, 0.2) is 18.2 Å². The Morgan fingerprint density at radius 3 is 2.82 bits per heavy atom. The van der Waals surface area contributed by atoms with Crippen molar-refractivity contribution in [1.29, 1.82) is 0 Å². The molecule has 0 bridgehead atoms. The lowest BCUT2D eigenvalue weighted by Gasteiger charge is -2.16. The minimum atomic E-state index is -0.161. The van der Waals surface area contributed by atoms with Gasteiger partial charge >= 0.3 is 0 Å².